The third-order valence-corrected chi connectivity index (χ3v) is 5.11. The van der Waals surface area contributed by atoms with E-state index in [9.17, 15) is 0 Å². The van der Waals surface area contributed by atoms with Gasteiger partial charge in [0.05, 0.1) is 0 Å². The van der Waals surface area contributed by atoms with Gasteiger partial charge in [-0.2, -0.15) is 11.8 Å². The number of halogens is 1. The zero-order valence-corrected chi connectivity index (χ0v) is 12.3. The van der Waals surface area contributed by atoms with E-state index >= 15 is 0 Å². The highest BCUT2D eigenvalue weighted by atomic mass is 127. The molecule has 1 saturated carbocycles. The van der Waals surface area contributed by atoms with E-state index in [1.807, 2.05) is 24.2 Å². The smallest absolute Gasteiger partial charge is 0.222 e. The summed E-state index contributed by atoms with van der Waals surface area (Å²) in [6.45, 7) is 0.981. The molecule has 88 valence electrons. The van der Waals surface area contributed by atoms with Crippen LogP contribution in [0, 0.1) is 3.57 Å². The van der Waals surface area contributed by atoms with E-state index in [-0.39, 0.29) is 0 Å². The summed E-state index contributed by atoms with van der Waals surface area (Å²) in [5, 5.41) is 3.36. The van der Waals surface area contributed by atoms with E-state index in [2.05, 4.69) is 44.1 Å². The van der Waals surface area contributed by atoms with Gasteiger partial charge in [-0.1, -0.05) is 12.8 Å². The van der Waals surface area contributed by atoms with Crippen LogP contribution in [0.25, 0.3) is 0 Å². The minimum absolute atomic E-state index is 0.409. The van der Waals surface area contributed by atoms with Gasteiger partial charge in [-0.25, -0.2) is 9.97 Å². The first-order chi connectivity index (χ1) is 7.74. The number of thioether (sulfide) groups is 1. The third-order valence-electron chi connectivity index (χ3n) is 3.14. The predicted molar refractivity (Wildman–Crippen MR) is 78.0 cm³/mol. The molecule has 0 aliphatic heterocycles. The second kappa shape index (κ2) is 5.53. The van der Waals surface area contributed by atoms with Crippen molar-refractivity contribution in [3.63, 3.8) is 0 Å². The lowest BCUT2D eigenvalue weighted by molar-refractivity contribution is 0.637. The van der Waals surface area contributed by atoms with Gasteiger partial charge < -0.3 is 5.32 Å². The number of rotatable bonds is 4. The lowest BCUT2D eigenvalue weighted by Gasteiger charge is -2.26. The Bertz CT molecular complexity index is 336. The van der Waals surface area contributed by atoms with Crippen LogP contribution < -0.4 is 5.32 Å². The van der Waals surface area contributed by atoms with Crippen molar-refractivity contribution < 1.29 is 0 Å². The number of hydrogen-bond acceptors (Lipinski definition) is 4. The van der Waals surface area contributed by atoms with Gasteiger partial charge >= 0.3 is 0 Å². The zero-order chi connectivity index (χ0) is 11.4. The largest absolute Gasteiger partial charge is 0.353 e. The van der Waals surface area contributed by atoms with Crippen LogP contribution in [0.4, 0.5) is 5.95 Å². The van der Waals surface area contributed by atoms with Crippen molar-refractivity contribution in [2.24, 2.45) is 0 Å². The fourth-order valence-corrected chi connectivity index (χ4v) is 3.31. The summed E-state index contributed by atoms with van der Waals surface area (Å²) in [7, 11) is 0. The lowest BCUT2D eigenvalue weighted by atomic mass is 10.1. The fraction of sp³-hybridized carbons (Fsp3) is 0.636. The van der Waals surface area contributed by atoms with E-state index in [0.29, 0.717) is 4.75 Å². The van der Waals surface area contributed by atoms with Crippen LogP contribution in [0.2, 0.25) is 0 Å². The molecule has 0 aromatic carbocycles. The maximum atomic E-state index is 4.27. The molecule has 0 radical (unpaired) electrons. The number of nitrogens with one attached hydrogen (secondary N) is 1. The maximum absolute atomic E-state index is 4.27. The molecule has 0 bridgehead atoms. The van der Waals surface area contributed by atoms with Crippen molar-refractivity contribution in [3.05, 3.63) is 16.0 Å². The summed E-state index contributed by atoms with van der Waals surface area (Å²) >= 11 is 4.20. The lowest BCUT2D eigenvalue weighted by Crippen LogP contribution is -2.30. The molecule has 1 heterocycles. The first-order valence-electron chi connectivity index (χ1n) is 5.51. The highest BCUT2D eigenvalue weighted by Gasteiger charge is 2.32. The molecule has 0 spiro atoms. The van der Waals surface area contributed by atoms with Crippen LogP contribution >= 0.6 is 34.4 Å². The summed E-state index contributed by atoms with van der Waals surface area (Å²) in [6, 6.07) is 0. The van der Waals surface area contributed by atoms with E-state index in [1.54, 1.807) is 0 Å². The number of nitrogens with zero attached hydrogens (tertiary/aromatic N) is 2. The van der Waals surface area contributed by atoms with Crippen LogP contribution in [-0.2, 0) is 0 Å². The van der Waals surface area contributed by atoms with Crippen molar-refractivity contribution in [1.82, 2.24) is 9.97 Å². The van der Waals surface area contributed by atoms with Crippen molar-refractivity contribution in [3.8, 4) is 0 Å². The molecule has 0 amide bonds. The summed E-state index contributed by atoms with van der Waals surface area (Å²) < 4.78 is 1.48. The number of anilines is 1. The molecule has 2 rings (SSSR count). The second-order valence-corrected chi connectivity index (χ2v) is 6.69. The predicted octanol–water partition coefficient (Wildman–Crippen LogP) is 3.17. The molecule has 3 nitrogen and oxygen atoms in total. The number of aromatic nitrogens is 2. The highest BCUT2D eigenvalue weighted by Crippen LogP contribution is 2.40. The molecular weight excluding hydrogens is 333 g/mol. The number of hydrogen-bond donors (Lipinski definition) is 1. The minimum atomic E-state index is 0.409. The van der Waals surface area contributed by atoms with Gasteiger partial charge in [0.1, 0.15) is 0 Å². The van der Waals surface area contributed by atoms with E-state index in [4.69, 9.17) is 0 Å². The van der Waals surface area contributed by atoms with E-state index in [0.717, 1.165) is 16.1 Å². The molecule has 1 fully saturated rings. The third kappa shape index (κ3) is 3.00. The summed E-state index contributed by atoms with van der Waals surface area (Å²) in [5.74, 6) is 0.751. The van der Waals surface area contributed by atoms with Gasteiger partial charge in [0.25, 0.3) is 0 Å². The van der Waals surface area contributed by atoms with Gasteiger partial charge in [0, 0.05) is 27.3 Å². The average molecular weight is 349 g/mol. The Kier molecular flexibility index (Phi) is 4.29. The summed E-state index contributed by atoms with van der Waals surface area (Å²) in [5.41, 5.74) is 0. The minimum Gasteiger partial charge on any atom is -0.353 e. The standard InChI is InChI=1S/C11H16IN3S/c1-16-11(4-2-3-5-11)8-15-10-13-6-9(12)7-14-10/h6-7H,2-5,8H2,1H3,(H,13,14,15). The zero-order valence-electron chi connectivity index (χ0n) is 9.37. The van der Waals surface area contributed by atoms with Gasteiger partial charge in [-0.05, 0) is 41.7 Å². The van der Waals surface area contributed by atoms with Crippen molar-refractivity contribution in [2.45, 2.75) is 30.4 Å². The van der Waals surface area contributed by atoms with Crippen LogP contribution in [0.5, 0.6) is 0 Å². The van der Waals surface area contributed by atoms with Gasteiger partial charge in [0.2, 0.25) is 5.95 Å². The molecule has 1 aromatic rings. The van der Waals surface area contributed by atoms with Crippen LogP contribution in [0.15, 0.2) is 12.4 Å². The molecule has 0 unspecified atom stereocenters. The van der Waals surface area contributed by atoms with Crippen molar-refractivity contribution in [2.75, 3.05) is 18.1 Å². The Labute approximate surface area is 114 Å². The molecule has 1 N–H and O–H groups in total. The molecule has 1 aliphatic rings. The van der Waals surface area contributed by atoms with Crippen LogP contribution in [-0.4, -0.2) is 27.5 Å². The first kappa shape index (κ1) is 12.4. The molecule has 1 aliphatic carbocycles. The van der Waals surface area contributed by atoms with Crippen molar-refractivity contribution >= 4 is 40.3 Å². The second-order valence-electron chi connectivity index (χ2n) is 4.17. The van der Waals surface area contributed by atoms with E-state index in [1.165, 1.54) is 25.7 Å². The molecule has 5 heteroatoms. The Morgan fingerprint density at radius 1 is 1.38 bits per heavy atom. The maximum Gasteiger partial charge on any atom is 0.222 e. The van der Waals surface area contributed by atoms with E-state index < -0.39 is 0 Å². The quantitative estimate of drug-likeness (QED) is 0.848. The monoisotopic (exact) mass is 349 g/mol. The Morgan fingerprint density at radius 2 is 2.00 bits per heavy atom. The van der Waals surface area contributed by atoms with Gasteiger partial charge in [-0.15, -0.1) is 0 Å². The summed E-state index contributed by atoms with van der Waals surface area (Å²) in [4.78, 5) is 8.53. The molecule has 1 aromatic heterocycles. The molecule has 16 heavy (non-hydrogen) atoms. The highest BCUT2D eigenvalue weighted by molar-refractivity contribution is 14.1. The van der Waals surface area contributed by atoms with Crippen LogP contribution in [0.1, 0.15) is 25.7 Å². The molecule has 0 atom stereocenters. The normalized spacial score (nSPS) is 18.6. The van der Waals surface area contributed by atoms with Gasteiger partial charge in [0.15, 0.2) is 0 Å². The Hall–Kier alpha value is -0.0400. The average Bonchev–Trinajstić information content (AvgIpc) is 2.78. The van der Waals surface area contributed by atoms with Crippen LogP contribution in [0.3, 0.4) is 0 Å². The van der Waals surface area contributed by atoms with Crippen molar-refractivity contribution in [1.29, 1.82) is 0 Å². The Balaban J connectivity index is 1.93. The fourth-order valence-electron chi connectivity index (χ4n) is 2.12. The summed E-state index contributed by atoms with van der Waals surface area (Å²) in [6.07, 6.45) is 11.2. The molecule has 0 saturated heterocycles. The molecular formula is C11H16IN3S. The first-order valence-corrected chi connectivity index (χ1v) is 7.81. The topological polar surface area (TPSA) is 37.8 Å². The van der Waals surface area contributed by atoms with Gasteiger partial charge in [-0.3, -0.25) is 0 Å². The Morgan fingerprint density at radius 3 is 2.56 bits per heavy atom. The SMILES string of the molecule is CSC1(CNc2ncc(I)cn2)CCCC1.